The Kier molecular flexibility index (Phi) is 3.81. The normalized spacial score (nSPS) is 13.5. The van der Waals surface area contributed by atoms with Crippen molar-refractivity contribution in [1.82, 2.24) is 4.98 Å². The molecular formula is C13H13BN2O4S. The Bertz CT molecular complexity index is 662. The fourth-order valence-electron chi connectivity index (χ4n) is 2.34. The van der Waals surface area contributed by atoms with Crippen LogP contribution in [-0.4, -0.2) is 28.2 Å². The van der Waals surface area contributed by atoms with Crippen molar-refractivity contribution in [2.24, 2.45) is 0 Å². The van der Waals surface area contributed by atoms with Crippen molar-refractivity contribution in [3.63, 3.8) is 0 Å². The molecule has 0 bridgehead atoms. The number of fused-ring (bicyclic) bond motifs is 1. The summed E-state index contributed by atoms with van der Waals surface area (Å²) in [6.07, 6.45) is 2.76. The molecule has 0 spiro atoms. The van der Waals surface area contributed by atoms with Gasteiger partial charge in [0.15, 0.2) is 5.13 Å². The van der Waals surface area contributed by atoms with Gasteiger partial charge in [-0.15, -0.1) is 11.3 Å². The molecule has 0 radical (unpaired) electrons. The number of hydrogen-bond donors (Lipinski definition) is 3. The summed E-state index contributed by atoms with van der Waals surface area (Å²) in [5.41, 5.74) is 1.52. The fraction of sp³-hybridized carbons (Fsp3) is 0.231. The molecule has 0 amide bonds. The minimum absolute atomic E-state index is 0.107. The molecule has 0 saturated heterocycles. The predicted molar refractivity (Wildman–Crippen MR) is 80.0 cm³/mol. The molecule has 1 aliphatic rings. The number of thiazole rings is 1. The smallest absolute Gasteiger partial charge is 0.522 e. The van der Waals surface area contributed by atoms with E-state index in [4.69, 9.17) is 4.65 Å². The van der Waals surface area contributed by atoms with E-state index in [0.717, 1.165) is 10.7 Å². The van der Waals surface area contributed by atoms with E-state index in [0.29, 0.717) is 24.8 Å². The second-order valence-electron chi connectivity index (χ2n) is 4.70. The summed E-state index contributed by atoms with van der Waals surface area (Å²) in [5.74, 6) is -0.781. The lowest BCUT2D eigenvalue weighted by Crippen LogP contribution is -2.28. The number of carbonyl (C=O) groups is 1. The second-order valence-corrected chi connectivity index (χ2v) is 5.59. The van der Waals surface area contributed by atoms with Crippen molar-refractivity contribution >= 4 is 29.6 Å². The van der Waals surface area contributed by atoms with Crippen molar-refractivity contribution in [1.29, 1.82) is 0 Å². The third kappa shape index (κ3) is 2.86. The van der Waals surface area contributed by atoms with Crippen LogP contribution in [0.3, 0.4) is 0 Å². The Morgan fingerprint density at radius 1 is 1.52 bits per heavy atom. The number of anilines is 1. The first-order chi connectivity index (χ1) is 10.1. The Balaban J connectivity index is 1.92. The number of aromatic nitrogens is 1. The summed E-state index contributed by atoms with van der Waals surface area (Å²) in [4.78, 5) is 15.7. The molecule has 2 aromatic rings. The average molecular weight is 304 g/mol. The molecule has 1 aromatic carbocycles. The van der Waals surface area contributed by atoms with Gasteiger partial charge in [0.2, 0.25) is 0 Å². The van der Waals surface area contributed by atoms with Crippen LogP contribution in [-0.2, 0) is 13.0 Å². The molecule has 0 atom stereocenters. The van der Waals surface area contributed by atoms with Crippen molar-refractivity contribution in [3.8, 4) is 5.75 Å². The molecule has 0 fully saturated rings. The minimum Gasteiger partial charge on any atom is -0.535 e. The summed E-state index contributed by atoms with van der Waals surface area (Å²) in [6.45, 7) is 0.335. The number of carboxylic acid groups (broad SMARTS) is 1. The number of benzene rings is 1. The fourth-order valence-corrected chi connectivity index (χ4v) is 2.86. The van der Waals surface area contributed by atoms with Crippen LogP contribution < -0.4 is 9.97 Å². The highest BCUT2D eigenvalue weighted by atomic mass is 32.1. The third-order valence-corrected chi connectivity index (χ3v) is 4.05. The lowest BCUT2D eigenvalue weighted by molar-refractivity contribution is 0.0693. The van der Waals surface area contributed by atoms with Crippen molar-refractivity contribution in [2.75, 3.05) is 5.32 Å². The van der Waals surface area contributed by atoms with E-state index in [-0.39, 0.29) is 11.3 Å². The molecule has 3 N–H and O–H groups in total. The zero-order chi connectivity index (χ0) is 14.8. The summed E-state index contributed by atoms with van der Waals surface area (Å²) in [5, 5.41) is 24.7. The number of aromatic carboxylic acids is 1. The number of nitrogens with zero attached hydrogens (tertiary/aromatic N) is 1. The Labute approximate surface area is 125 Å². The van der Waals surface area contributed by atoms with Gasteiger partial charge in [0.05, 0.1) is 0 Å². The van der Waals surface area contributed by atoms with Crippen LogP contribution in [0.5, 0.6) is 5.75 Å². The topological polar surface area (TPSA) is 91.7 Å². The van der Waals surface area contributed by atoms with E-state index >= 15 is 0 Å². The molecule has 1 aromatic heterocycles. The molecule has 6 nitrogen and oxygen atoms in total. The monoisotopic (exact) mass is 304 g/mol. The Morgan fingerprint density at radius 2 is 2.38 bits per heavy atom. The molecule has 3 rings (SSSR count). The van der Waals surface area contributed by atoms with E-state index in [9.17, 15) is 14.9 Å². The molecular weight excluding hydrogens is 291 g/mol. The van der Waals surface area contributed by atoms with Crippen LogP contribution in [0.25, 0.3) is 0 Å². The highest BCUT2D eigenvalue weighted by Crippen LogP contribution is 2.33. The Hall–Kier alpha value is -2.06. The summed E-state index contributed by atoms with van der Waals surface area (Å²) < 4.78 is 5.34. The molecule has 2 heterocycles. The van der Waals surface area contributed by atoms with Crippen molar-refractivity contribution in [2.45, 2.75) is 19.3 Å². The van der Waals surface area contributed by atoms with Gasteiger partial charge in [-0.25, -0.2) is 9.78 Å². The molecule has 108 valence electrons. The van der Waals surface area contributed by atoms with Gasteiger partial charge in [0, 0.05) is 18.1 Å². The average Bonchev–Trinajstić information content (AvgIpc) is 2.97. The predicted octanol–water partition coefficient (Wildman–Crippen LogP) is 1.87. The van der Waals surface area contributed by atoms with Crippen LogP contribution in [0.15, 0.2) is 23.7 Å². The van der Waals surface area contributed by atoms with Gasteiger partial charge in [0.25, 0.3) is 0 Å². The number of hydrogen-bond acceptors (Lipinski definition) is 6. The van der Waals surface area contributed by atoms with E-state index in [1.807, 2.05) is 11.4 Å². The van der Waals surface area contributed by atoms with Crippen molar-refractivity contribution < 1.29 is 19.6 Å². The molecule has 0 aliphatic carbocycles. The molecule has 1 aliphatic heterocycles. The highest BCUT2D eigenvalue weighted by Gasteiger charge is 2.29. The zero-order valence-electron chi connectivity index (χ0n) is 11.1. The SMILES string of the molecule is O=C(O)c1c(CNc2nccs2)ccc2c1OB(O)CC2. The van der Waals surface area contributed by atoms with E-state index in [1.54, 1.807) is 12.3 Å². The van der Waals surface area contributed by atoms with E-state index in [1.165, 1.54) is 11.3 Å². The standard InChI is InChI=1S/C13H13BN2O4S/c17-12(18)10-9(7-16-13-15-5-6-21-13)2-1-8-3-4-14(19)20-11(8)10/h1-2,5-6,19H,3-4,7H2,(H,15,16)(H,17,18). The number of carboxylic acids is 1. The Morgan fingerprint density at radius 3 is 3.10 bits per heavy atom. The summed E-state index contributed by atoms with van der Waals surface area (Å²) >= 11 is 1.44. The van der Waals surface area contributed by atoms with Crippen LogP contribution in [0.1, 0.15) is 21.5 Å². The maximum Gasteiger partial charge on any atom is 0.522 e. The van der Waals surface area contributed by atoms with Gasteiger partial charge in [-0.1, -0.05) is 12.1 Å². The van der Waals surface area contributed by atoms with Gasteiger partial charge >= 0.3 is 13.1 Å². The lowest BCUT2D eigenvalue weighted by Gasteiger charge is -2.23. The van der Waals surface area contributed by atoms with Gasteiger partial charge in [-0.3, -0.25) is 0 Å². The van der Waals surface area contributed by atoms with Gasteiger partial charge < -0.3 is 20.1 Å². The minimum atomic E-state index is -1.06. The van der Waals surface area contributed by atoms with Crippen LogP contribution >= 0.6 is 11.3 Å². The highest BCUT2D eigenvalue weighted by molar-refractivity contribution is 7.13. The summed E-state index contributed by atoms with van der Waals surface area (Å²) in [7, 11) is -0.947. The molecule has 0 saturated carbocycles. The van der Waals surface area contributed by atoms with Gasteiger partial charge in [-0.2, -0.15) is 0 Å². The first kappa shape index (κ1) is 13.9. The van der Waals surface area contributed by atoms with Crippen molar-refractivity contribution in [3.05, 3.63) is 40.4 Å². The number of aryl methyl sites for hydroxylation is 1. The number of nitrogens with one attached hydrogen (secondary N) is 1. The largest absolute Gasteiger partial charge is 0.535 e. The van der Waals surface area contributed by atoms with Gasteiger partial charge in [0.1, 0.15) is 11.3 Å². The number of rotatable bonds is 4. The van der Waals surface area contributed by atoms with Crippen LogP contribution in [0, 0.1) is 0 Å². The first-order valence-electron chi connectivity index (χ1n) is 6.51. The van der Waals surface area contributed by atoms with Crippen LogP contribution in [0.4, 0.5) is 5.13 Å². The van der Waals surface area contributed by atoms with Gasteiger partial charge in [-0.05, 0) is 23.9 Å². The molecule has 21 heavy (non-hydrogen) atoms. The van der Waals surface area contributed by atoms with Crippen LogP contribution in [0.2, 0.25) is 6.32 Å². The lowest BCUT2D eigenvalue weighted by atomic mass is 9.78. The van der Waals surface area contributed by atoms with E-state index in [2.05, 4.69) is 10.3 Å². The quantitative estimate of drug-likeness (QED) is 0.747. The first-order valence-corrected chi connectivity index (χ1v) is 7.39. The zero-order valence-corrected chi connectivity index (χ0v) is 11.9. The molecule has 8 heteroatoms. The molecule has 0 unspecified atom stereocenters. The van der Waals surface area contributed by atoms with E-state index < -0.39 is 13.1 Å². The summed E-state index contributed by atoms with van der Waals surface area (Å²) in [6, 6.07) is 3.64. The maximum absolute atomic E-state index is 11.6. The maximum atomic E-state index is 11.6. The second kappa shape index (κ2) is 5.75. The third-order valence-electron chi connectivity index (χ3n) is 3.32.